The Morgan fingerprint density at radius 1 is 1.31 bits per heavy atom. The van der Waals surface area contributed by atoms with E-state index in [1.807, 2.05) is 18.2 Å². The van der Waals surface area contributed by atoms with E-state index in [2.05, 4.69) is 0 Å². The molecule has 1 aromatic carbocycles. The Labute approximate surface area is 76.3 Å². The molecule has 1 aromatic rings. The molecule has 2 rings (SSSR count). The summed E-state index contributed by atoms with van der Waals surface area (Å²) in [7, 11) is 0. The zero-order chi connectivity index (χ0) is 9.10. The van der Waals surface area contributed by atoms with E-state index in [-0.39, 0.29) is 0 Å². The van der Waals surface area contributed by atoms with Gasteiger partial charge < -0.3 is 14.3 Å². The van der Waals surface area contributed by atoms with Gasteiger partial charge in [-0.1, -0.05) is 6.07 Å². The van der Waals surface area contributed by atoms with Gasteiger partial charge >= 0.3 is 0 Å². The van der Waals surface area contributed by atoms with Crippen LogP contribution in [0.25, 0.3) is 0 Å². The highest BCUT2D eigenvalue weighted by molar-refractivity contribution is 5.51. The lowest BCUT2D eigenvalue weighted by atomic mass is 10.1. The van der Waals surface area contributed by atoms with E-state index >= 15 is 0 Å². The van der Waals surface area contributed by atoms with Crippen molar-refractivity contribution in [2.24, 2.45) is 0 Å². The molecule has 3 heteroatoms. The molecule has 1 aliphatic rings. The zero-order valence-corrected chi connectivity index (χ0v) is 7.16. The maximum Gasteiger partial charge on any atom is 0.231 e. The number of carbonyl (C=O) groups is 1. The van der Waals surface area contributed by atoms with Gasteiger partial charge in [-0.05, 0) is 24.1 Å². The van der Waals surface area contributed by atoms with Gasteiger partial charge in [-0.15, -0.1) is 0 Å². The molecule has 68 valence electrons. The lowest BCUT2D eigenvalue weighted by molar-refractivity contribution is -0.107. The van der Waals surface area contributed by atoms with E-state index in [0.717, 1.165) is 29.8 Å². The number of hydrogen-bond donors (Lipinski definition) is 0. The first kappa shape index (κ1) is 8.10. The number of ether oxygens (including phenoxy) is 2. The number of aryl methyl sites for hydroxylation is 1. The minimum absolute atomic E-state index is 0.298. The van der Waals surface area contributed by atoms with E-state index in [9.17, 15) is 4.79 Å². The van der Waals surface area contributed by atoms with Gasteiger partial charge in [0.05, 0.1) is 0 Å². The molecule has 3 nitrogen and oxygen atoms in total. The van der Waals surface area contributed by atoms with Crippen molar-refractivity contribution in [1.29, 1.82) is 0 Å². The van der Waals surface area contributed by atoms with Crippen molar-refractivity contribution in [1.82, 2.24) is 0 Å². The molecule has 0 bridgehead atoms. The van der Waals surface area contributed by atoms with Crippen LogP contribution in [0.1, 0.15) is 12.0 Å². The van der Waals surface area contributed by atoms with Crippen molar-refractivity contribution in [3.05, 3.63) is 23.8 Å². The van der Waals surface area contributed by atoms with E-state index < -0.39 is 0 Å². The standard InChI is InChI=1S/C10H10O3/c11-5-1-2-8-3-4-9-10(6-8)13-7-12-9/h3-6H,1-2,7H2. The van der Waals surface area contributed by atoms with Gasteiger partial charge in [-0.3, -0.25) is 0 Å². The first-order valence-electron chi connectivity index (χ1n) is 4.22. The SMILES string of the molecule is O=CCCc1ccc2c(c1)OCO2. The third-order valence-corrected chi connectivity index (χ3v) is 1.99. The van der Waals surface area contributed by atoms with Crippen LogP contribution in [0, 0.1) is 0 Å². The average molecular weight is 178 g/mol. The van der Waals surface area contributed by atoms with Gasteiger partial charge in [0.1, 0.15) is 6.29 Å². The predicted octanol–water partition coefficient (Wildman–Crippen LogP) is 1.55. The van der Waals surface area contributed by atoms with Crippen molar-refractivity contribution in [3.8, 4) is 11.5 Å². The topological polar surface area (TPSA) is 35.5 Å². The molecule has 1 aliphatic heterocycles. The Bertz CT molecular complexity index is 320. The molecule has 0 aliphatic carbocycles. The number of fused-ring (bicyclic) bond motifs is 1. The minimum Gasteiger partial charge on any atom is -0.454 e. The second kappa shape index (κ2) is 3.47. The lowest BCUT2D eigenvalue weighted by Gasteiger charge is -1.99. The van der Waals surface area contributed by atoms with Gasteiger partial charge in [0.15, 0.2) is 11.5 Å². The molecule has 0 unspecified atom stereocenters. The Hall–Kier alpha value is -1.51. The van der Waals surface area contributed by atoms with Crippen molar-refractivity contribution in [2.45, 2.75) is 12.8 Å². The second-order valence-corrected chi connectivity index (χ2v) is 2.89. The van der Waals surface area contributed by atoms with Crippen LogP contribution in [0.15, 0.2) is 18.2 Å². The van der Waals surface area contributed by atoms with Gasteiger partial charge in [0.25, 0.3) is 0 Å². The quantitative estimate of drug-likeness (QED) is 0.659. The van der Waals surface area contributed by atoms with E-state index in [4.69, 9.17) is 9.47 Å². The number of benzene rings is 1. The Kier molecular flexibility index (Phi) is 2.17. The van der Waals surface area contributed by atoms with E-state index in [1.165, 1.54) is 0 Å². The monoisotopic (exact) mass is 178 g/mol. The lowest BCUT2D eigenvalue weighted by Crippen LogP contribution is -1.93. The molecule has 0 saturated carbocycles. The van der Waals surface area contributed by atoms with Crippen LogP contribution in [-0.2, 0) is 11.2 Å². The van der Waals surface area contributed by atoms with Crippen molar-refractivity contribution >= 4 is 6.29 Å². The molecule has 0 aromatic heterocycles. The third-order valence-electron chi connectivity index (χ3n) is 1.99. The maximum atomic E-state index is 10.2. The Morgan fingerprint density at radius 3 is 3.00 bits per heavy atom. The summed E-state index contributed by atoms with van der Waals surface area (Å²) in [5.74, 6) is 1.57. The summed E-state index contributed by atoms with van der Waals surface area (Å²) >= 11 is 0. The average Bonchev–Trinajstić information content (AvgIpc) is 2.61. The number of carbonyl (C=O) groups excluding carboxylic acids is 1. The fraction of sp³-hybridized carbons (Fsp3) is 0.300. The molecular formula is C10H10O3. The summed E-state index contributed by atoms with van der Waals surface area (Å²) in [4.78, 5) is 10.2. The summed E-state index contributed by atoms with van der Waals surface area (Å²) in [5, 5.41) is 0. The predicted molar refractivity (Wildman–Crippen MR) is 47.0 cm³/mol. The second-order valence-electron chi connectivity index (χ2n) is 2.89. The van der Waals surface area contributed by atoms with Crippen molar-refractivity contribution < 1.29 is 14.3 Å². The van der Waals surface area contributed by atoms with Crippen LogP contribution in [0.3, 0.4) is 0 Å². The minimum atomic E-state index is 0.298. The van der Waals surface area contributed by atoms with Gasteiger partial charge in [0, 0.05) is 6.42 Å². The molecule has 0 N–H and O–H groups in total. The first-order chi connectivity index (χ1) is 6.40. The van der Waals surface area contributed by atoms with Crippen LogP contribution in [0.2, 0.25) is 0 Å². The van der Waals surface area contributed by atoms with Crippen molar-refractivity contribution in [2.75, 3.05) is 6.79 Å². The number of aldehydes is 1. The Morgan fingerprint density at radius 2 is 2.15 bits per heavy atom. The van der Waals surface area contributed by atoms with Crippen LogP contribution in [0.5, 0.6) is 11.5 Å². The third kappa shape index (κ3) is 1.64. The fourth-order valence-electron chi connectivity index (χ4n) is 1.32. The highest BCUT2D eigenvalue weighted by Gasteiger charge is 2.12. The summed E-state index contributed by atoms with van der Waals surface area (Å²) in [6, 6.07) is 5.76. The van der Waals surface area contributed by atoms with Gasteiger partial charge in [0.2, 0.25) is 6.79 Å². The van der Waals surface area contributed by atoms with Crippen LogP contribution < -0.4 is 9.47 Å². The highest BCUT2D eigenvalue weighted by atomic mass is 16.7. The summed E-state index contributed by atoms with van der Waals surface area (Å²) in [6.45, 7) is 0.298. The van der Waals surface area contributed by atoms with Crippen LogP contribution in [0.4, 0.5) is 0 Å². The van der Waals surface area contributed by atoms with Crippen LogP contribution in [-0.4, -0.2) is 13.1 Å². The molecule has 0 radical (unpaired) electrons. The molecular weight excluding hydrogens is 168 g/mol. The normalized spacial score (nSPS) is 12.9. The Balaban J connectivity index is 2.16. The maximum absolute atomic E-state index is 10.2. The van der Waals surface area contributed by atoms with Gasteiger partial charge in [-0.25, -0.2) is 0 Å². The number of rotatable bonds is 3. The molecule has 0 fully saturated rings. The van der Waals surface area contributed by atoms with Gasteiger partial charge in [-0.2, -0.15) is 0 Å². The molecule has 0 atom stereocenters. The first-order valence-corrected chi connectivity index (χ1v) is 4.22. The summed E-state index contributed by atoms with van der Waals surface area (Å²) in [5.41, 5.74) is 1.11. The molecule has 0 amide bonds. The zero-order valence-electron chi connectivity index (χ0n) is 7.16. The molecule has 0 saturated heterocycles. The number of hydrogen-bond acceptors (Lipinski definition) is 3. The molecule has 0 spiro atoms. The van der Waals surface area contributed by atoms with Crippen LogP contribution >= 0.6 is 0 Å². The summed E-state index contributed by atoms with van der Waals surface area (Å²) < 4.78 is 10.4. The highest BCUT2D eigenvalue weighted by Crippen LogP contribution is 2.32. The fourth-order valence-corrected chi connectivity index (χ4v) is 1.32. The molecule has 1 heterocycles. The molecule has 13 heavy (non-hydrogen) atoms. The van der Waals surface area contributed by atoms with Crippen molar-refractivity contribution in [3.63, 3.8) is 0 Å². The smallest absolute Gasteiger partial charge is 0.231 e. The largest absolute Gasteiger partial charge is 0.454 e. The van der Waals surface area contributed by atoms with E-state index in [0.29, 0.717) is 13.2 Å². The van der Waals surface area contributed by atoms with E-state index in [1.54, 1.807) is 0 Å². The summed E-state index contributed by atoms with van der Waals surface area (Å²) in [6.07, 6.45) is 2.24.